The molecule has 0 spiro atoms. The van der Waals surface area contributed by atoms with Crippen molar-refractivity contribution in [2.75, 3.05) is 13.1 Å². The summed E-state index contributed by atoms with van der Waals surface area (Å²) in [5, 5.41) is 2.71. The van der Waals surface area contributed by atoms with E-state index in [4.69, 9.17) is 0 Å². The number of hydrogen-bond acceptors (Lipinski definition) is 2. The molecule has 1 heterocycles. The fourth-order valence-corrected chi connectivity index (χ4v) is 3.55. The van der Waals surface area contributed by atoms with Gasteiger partial charge >= 0.3 is 0 Å². The molecule has 1 N–H and O–H groups in total. The van der Waals surface area contributed by atoms with Crippen molar-refractivity contribution in [3.05, 3.63) is 70.8 Å². The van der Waals surface area contributed by atoms with Crippen molar-refractivity contribution in [1.82, 2.24) is 10.2 Å². The number of nitrogens with one attached hydrogen (secondary N) is 1. The van der Waals surface area contributed by atoms with Gasteiger partial charge in [-0.3, -0.25) is 9.59 Å². The summed E-state index contributed by atoms with van der Waals surface area (Å²) in [4.78, 5) is 25.9. The molecule has 4 heteroatoms. The van der Waals surface area contributed by atoms with Crippen molar-refractivity contribution >= 4 is 11.8 Å². The van der Waals surface area contributed by atoms with E-state index in [0.29, 0.717) is 19.5 Å². The van der Waals surface area contributed by atoms with Gasteiger partial charge in [0.05, 0.1) is 6.04 Å². The summed E-state index contributed by atoms with van der Waals surface area (Å²) in [6.07, 6.45) is 1.19. The quantitative estimate of drug-likeness (QED) is 0.933. The molecule has 1 aliphatic rings. The van der Waals surface area contributed by atoms with Crippen LogP contribution < -0.4 is 5.32 Å². The molecule has 4 nitrogen and oxygen atoms in total. The highest BCUT2D eigenvalue weighted by atomic mass is 16.2. The van der Waals surface area contributed by atoms with Crippen LogP contribution in [0.1, 0.15) is 41.6 Å². The summed E-state index contributed by atoms with van der Waals surface area (Å²) in [6, 6.07) is 16.6. The zero-order valence-corrected chi connectivity index (χ0v) is 14.8. The summed E-state index contributed by atoms with van der Waals surface area (Å²) in [5.41, 5.74) is 4.86. The minimum Gasteiger partial charge on any atom is -0.356 e. The summed E-state index contributed by atoms with van der Waals surface area (Å²) in [7, 11) is 0. The number of nitrogens with zero attached hydrogens (tertiary/aromatic N) is 1. The van der Waals surface area contributed by atoms with E-state index in [-0.39, 0.29) is 17.9 Å². The molecule has 1 aliphatic heterocycles. The predicted molar refractivity (Wildman–Crippen MR) is 98.2 cm³/mol. The lowest BCUT2D eigenvalue weighted by Gasteiger charge is -2.38. The SMILES string of the molecule is CC(=O)NCCC(=O)N1CCc2ccccc2C1c1ccccc1C. The molecule has 1 unspecified atom stereocenters. The van der Waals surface area contributed by atoms with Crippen LogP contribution in [0.3, 0.4) is 0 Å². The van der Waals surface area contributed by atoms with Gasteiger partial charge < -0.3 is 10.2 Å². The van der Waals surface area contributed by atoms with Gasteiger partial charge in [-0.25, -0.2) is 0 Å². The van der Waals surface area contributed by atoms with Crippen LogP contribution in [-0.4, -0.2) is 29.8 Å². The van der Waals surface area contributed by atoms with Crippen molar-refractivity contribution < 1.29 is 9.59 Å². The number of benzene rings is 2. The van der Waals surface area contributed by atoms with Gasteiger partial charge in [-0.2, -0.15) is 0 Å². The second kappa shape index (κ2) is 7.51. The average Bonchev–Trinajstić information content (AvgIpc) is 2.61. The van der Waals surface area contributed by atoms with Crippen LogP contribution in [-0.2, 0) is 16.0 Å². The standard InChI is InChI=1S/C21H24N2O2/c1-15-7-3-5-9-18(15)21-19-10-6-4-8-17(19)12-14-23(21)20(25)11-13-22-16(2)24/h3-10,21H,11-14H2,1-2H3,(H,22,24). The average molecular weight is 336 g/mol. The van der Waals surface area contributed by atoms with E-state index >= 15 is 0 Å². The highest BCUT2D eigenvalue weighted by molar-refractivity contribution is 5.79. The van der Waals surface area contributed by atoms with E-state index in [1.54, 1.807) is 0 Å². The largest absolute Gasteiger partial charge is 0.356 e. The first-order valence-electron chi connectivity index (χ1n) is 8.75. The maximum Gasteiger partial charge on any atom is 0.225 e. The fourth-order valence-electron chi connectivity index (χ4n) is 3.55. The van der Waals surface area contributed by atoms with E-state index in [0.717, 1.165) is 6.42 Å². The molecule has 0 fully saturated rings. The van der Waals surface area contributed by atoms with Crippen molar-refractivity contribution in [2.45, 2.75) is 32.7 Å². The summed E-state index contributed by atoms with van der Waals surface area (Å²) in [5.74, 6) is -0.0243. The lowest BCUT2D eigenvalue weighted by molar-refractivity contribution is -0.133. The number of rotatable bonds is 4. The van der Waals surface area contributed by atoms with Gasteiger partial charge in [-0.15, -0.1) is 0 Å². The van der Waals surface area contributed by atoms with Crippen LogP contribution >= 0.6 is 0 Å². The number of fused-ring (bicyclic) bond motifs is 1. The Hall–Kier alpha value is -2.62. The van der Waals surface area contributed by atoms with Crippen LogP contribution in [0.15, 0.2) is 48.5 Å². The molecule has 0 aliphatic carbocycles. The van der Waals surface area contributed by atoms with Gasteiger partial charge in [0, 0.05) is 26.4 Å². The number of aryl methyl sites for hydroxylation is 1. The Morgan fingerprint density at radius 2 is 1.76 bits per heavy atom. The Kier molecular flexibility index (Phi) is 5.17. The third-order valence-corrected chi connectivity index (χ3v) is 4.80. The Labute approximate surface area is 148 Å². The molecule has 0 saturated carbocycles. The molecule has 130 valence electrons. The van der Waals surface area contributed by atoms with E-state index in [1.165, 1.54) is 29.2 Å². The van der Waals surface area contributed by atoms with E-state index in [9.17, 15) is 9.59 Å². The Balaban J connectivity index is 1.93. The summed E-state index contributed by atoms with van der Waals surface area (Å²) < 4.78 is 0. The van der Waals surface area contributed by atoms with Crippen LogP contribution in [0.4, 0.5) is 0 Å². The van der Waals surface area contributed by atoms with E-state index in [1.807, 2.05) is 23.1 Å². The molecule has 25 heavy (non-hydrogen) atoms. The molecule has 3 rings (SSSR count). The molecule has 2 aromatic carbocycles. The highest BCUT2D eigenvalue weighted by Crippen LogP contribution is 2.36. The monoisotopic (exact) mass is 336 g/mol. The van der Waals surface area contributed by atoms with Crippen molar-refractivity contribution in [3.8, 4) is 0 Å². The molecular formula is C21H24N2O2. The first-order valence-corrected chi connectivity index (χ1v) is 8.75. The molecule has 0 saturated heterocycles. The van der Waals surface area contributed by atoms with Crippen molar-refractivity contribution in [1.29, 1.82) is 0 Å². The third kappa shape index (κ3) is 3.73. The van der Waals surface area contributed by atoms with Crippen LogP contribution in [0.25, 0.3) is 0 Å². The molecule has 0 aromatic heterocycles. The lowest BCUT2D eigenvalue weighted by Crippen LogP contribution is -2.42. The van der Waals surface area contributed by atoms with Gasteiger partial charge in [0.25, 0.3) is 0 Å². The maximum atomic E-state index is 12.9. The molecule has 1 atom stereocenters. The van der Waals surface area contributed by atoms with Gasteiger partial charge in [-0.1, -0.05) is 48.5 Å². The summed E-state index contributed by atoms with van der Waals surface area (Å²) in [6.45, 7) is 4.64. The highest BCUT2D eigenvalue weighted by Gasteiger charge is 2.32. The molecule has 0 bridgehead atoms. The van der Waals surface area contributed by atoms with Crippen molar-refractivity contribution in [2.24, 2.45) is 0 Å². The maximum absolute atomic E-state index is 12.9. The number of carbonyl (C=O) groups excluding carboxylic acids is 2. The van der Waals surface area contributed by atoms with Gasteiger partial charge in [-0.05, 0) is 35.6 Å². The molecule has 2 aromatic rings. The topological polar surface area (TPSA) is 49.4 Å². The van der Waals surface area contributed by atoms with E-state index in [2.05, 4.69) is 42.6 Å². The third-order valence-electron chi connectivity index (χ3n) is 4.80. The van der Waals surface area contributed by atoms with Gasteiger partial charge in [0.15, 0.2) is 0 Å². The first-order chi connectivity index (χ1) is 12.1. The van der Waals surface area contributed by atoms with Gasteiger partial charge in [0.1, 0.15) is 0 Å². The van der Waals surface area contributed by atoms with Gasteiger partial charge in [0.2, 0.25) is 11.8 Å². The molecule has 0 radical (unpaired) electrons. The first kappa shape index (κ1) is 17.2. The number of amides is 2. The molecule has 2 amide bonds. The minimum absolute atomic E-state index is 0.0593. The predicted octanol–water partition coefficient (Wildman–Crippen LogP) is 3.00. The van der Waals surface area contributed by atoms with Crippen LogP contribution in [0.5, 0.6) is 0 Å². The number of hydrogen-bond donors (Lipinski definition) is 1. The second-order valence-electron chi connectivity index (χ2n) is 6.53. The second-order valence-corrected chi connectivity index (χ2v) is 6.53. The van der Waals surface area contributed by atoms with Crippen molar-refractivity contribution in [3.63, 3.8) is 0 Å². The zero-order chi connectivity index (χ0) is 17.8. The zero-order valence-electron chi connectivity index (χ0n) is 14.8. The normalized spacial score (nSPS) is 16.2. The van der Waals surface area contributed by atoms with Crippen LogP contribution in [0, 0.1) is 6.92 Å². The Morgan fingerprint density at radius 1 is 1.08 bits per heavy atom. The molecular weight excluding hydrogens is 312 g/mol. The Bertz CT molecular complexity index is 785. The summed E-state index contributed by atoms with van der Waals surface area (Å²) >= 11 is 0. The Morgan fingerprint density at radius 3 is 2.48 bits per heavy atom. The van der Waals surface area contributed by atoms with E-state index < -0.39 is 0 Å². The lowest BCUT2D eigenvalue weighted by atomic mass is 9.86. The fraction of sp³-hybridized carbons (Fsp3) is 0.333. The minimum atomic E-state index is -0.104. The number of carbonyl (C=O) groups is 2. The smallest absolute Gasteiger partial charge is 0.225 e. The van der Waals surface area contributed by atoms with Crippen LogP contribution in [0.2, 0.25) is 0 Å².